The van der Waals surface area contributed by atoms with Crippen molar-refractivity contribution in [1.82, 2.24) is 4.31 Å². The van der Waals surface area contributed by atoms with Gasteiger partial charge in [-0.25, -0.2) is 8.42 Å². The summed E-state index contributed by atoms with van der Waals surface area (Å²) in [5.41, 5.74) is 4.79. The van der Waals surface area contributed by atoms with E-state index in [1.54, 1.807) is 18.0 Å². The van der Waals surface area contributed by atoms with Crippen molar-refractivity contribution in [3.05, 3.63) is 58.7 Å². The highest BCUT2D eigenvalue weighted by molar-refractivity contribution is 7.89. The zero-order valence-corrected chi connectivity index (χ0v) is 18.7. The summed E-state index contributed by atoms with van der Waals surface area (Å²) in [6.07, 6.45) is 1.38. The molecule has 0 saturated carbocycles. The predicted octanol–water partition coefficient (Wildman–Crippen LogP) is 3.98. The number of benzene rings is 2. The fraction of sp³-hybridized carbons (Fsp3) is 0.435. The van der Waals surface area contributed by atoms with E-state index < -0.39 is 10.0 Å². The van der Waals surface area contributed by atoms with Crippen LogP contribution in [0.1, 0.15) is 35.1 Å². The summed E-state index contributed by atoms with van der Waals surface area (Å²) in [6.45, 7) is 8.44. The van der Waals surface area contributed by atoms with Gasteiger partial charge in [-0.15, -0.1) is 0 Å². The lowest BCUT2D eigenvalue weighted by atomic mass is 9.98. The van der Waals surface area contributed by atoms with Gasteiger partial charge >= 0.3 is 0 Å². The number of anilines is 1. The summed E-state index contributed by atoms with van der Waals surface area (Å²) >= 11 is 0. The molecule has 0 bridgehead atoms. The minimum atomic E-state index is -3.62. The van der Waals surface area contributed by atoms with E-state index in [-0.39, 0.29) is 18.4 Å². The number of piperidine rings is 1. The third-order valence-corrected chi connectivity index (χ3v) is 7.91. The number of aryl methyl sites for hydroxylation is 4. The number of nitrogens with zero attached hydrogens (tertiary/aromatic N) is 2. The Labute approximate surface area is 174 Å². The summed E-state index contributed by atoms with van der Waals surface area (Å²) in [6, 6.07) is 11.4. The van der Waals surface area contributed by atoms with Crippen LogP contribution in [0.25, 0.3) is 0 Å². The first-order chi connectivity index (χ1) is 13.6. The van der Waals surface area contributed by atoms with Crippen molar-refractivity contribution < 1.29 is 13.2 Å². The molecule has 0 N–H and O–H groups in total. The maximum Gasteiger partial charge on any atom is 0.243 e. The molecule has 0 aromatic heterocycles. The van der Waals surface area contributed by atoms with Crippen LogP contribution in [0.2, 0.25) is 0 Å². The molecular weight excluding hydrogens is 384 g/mol. The van der Waals surface area contributed by atoms with Gasteiger partial charge in [0, 0.05) is 25.8 Å². The Morgan fingerprint density at radius 2 is 1.69 bits per heavy atom. The van der Waals surface area contributed by atoms with Crippen molar-refractivity contribution in [1.29, 1.82) is 0 Å². The average Bonchev–Trinajstić information content (AvgIpc) is 2.70. The topological polar surface area (TPSA) is 57.7 Å². The lowest BCUT2D eigenvalue weighted by molar-refractivity contribution is -0.123. The summed E-state index contributed by atoms with van der Waals surface area (Å²) in [4.78, 5) is 15.1. The SMILES string of the molecule is Cc1ccc(C)c(S(=O)(=O)N2CCCC(C(=O)N(C)c3ccc(C)c(C)c3)C2)c1. The maximum absolute atomic E-state index is 13.3. The first-order valence-electron chi connectivity index (χ1n) is 10.0. The number of rotatable bonds is 4. The molecule has 0 radical (unpaired) electrons. The van der Waals surface area contributed by atoms with Crippen LogP contribution >= 0.6 is 0 Å². The largest absolute Gasteiger partial charge is 0.315 e. The Bertz CT molecular complexity index is 1030. The van der Waals surface area contributed by atoms with Gasteiger partial charge in [-0.1, -0.05) is 18.2 Å². The first kappa shape index (κ1) is 21.5. The second-order valence-corrected chi connectivity index (χ2v) is 10.0. The third-order valence-electron chi connectivity index (χ3n) is 5.90. The van der Waals surface area contributed by atoms with Crippen LogP contribution < -0.4 is 4.90 Å². The summed E-state index contributed by atoms with van der Waals surface area (Å²) in [7, 11) is -1.85. The fourth-order valence-electron chi connectivity index (χ4n) is 3.82. The van der Waals surface area contributed by atoms with E-state index in [0.717, 1.165) is 22.4 Å². The summed E-state index contributed by atoms with van der Waals surface area (Å²) in [5, 5.41) is 0. The Morgan fingerprint density at radius 3 is 2.38 bits per heavy atom. The number of hydrogen-bond acceptors (Lipinski definition) is 3. The molecule has 1 fully saturated rings. The normalized spacial score (nSPS) is 17.9. The number of carbonyl (C=O) groups is 1. The molecule has 1 heterocycles. The van der Waals surface area contributed by atoms with Gasteiger partial charge in [0.25, 0.3) is 0 Å². The van der Waals surface area contributed by atoms with E-state index in [2.05, 4.69) is 0 Å². The van der Waals surface area contributed by atoms with E-state index >= 15 is 0 Å². The molecule has 2 aromatic rings. The molecular formula is C23H30N2O3S. The molecule has 6 heteroatoms. The lowest BCUT2D eigenvalue weighted by Crippen LogP contribution is -2.46. The molecule has 5 nitrogen and oxygen atoms in total. The van der Waals surface area contributed by atoms with Gasteiger partial charge in [-0.05, 0) is 81.0 Å². The van der Waals surface area contributed by atoms with Crippen molar-refractivity contribution in [3.8, 4) is 0 Å². The van der Waals surface area contributed by atoms with Gasteiger partial charge in [-0.2, -0.15) is 4.31 Å². The molecule has 1 unspecified atom stereocenters. The molecule has 0 aliphatic carbocycles. The Hall–Kier alpha value is -2.18. The molecule has 1 amide bonds. The second kappa shape index (κ2) is 8.28. The lowest BCUT2D eigenvalue weighted by Gasteiger charge is -2.33. The number of sulfonamides is 1. The van der Waals surface area contributed by atoms with Gasteiger partial charge in [0.15, 0.2) is 0 Å². The van der Waals surface area contributed by atoms with Gasteiger partial charge in [0.2, 0.25) is 15.9 Å². The molecule has 3 rings (SSSR count). The summed E-state index contributed by atoms with van der Waals surface area (Å²) < 4.78 is 28.0. The Morgan fingerprint density at radius 1 is 1.00 bits per heavy atom. The van der Waals surface area contributed by atoms with E-state index in [4.69, 9.17) is 0 Å². The van der Waals surface area contributed by atoms with Crippen molar-refractivity contribution in [3.63, 3.8) is 0 Å². The standard InChI is InChI=1S/C23H30N2O3S/c1-16-8-9-18(3)22(13-16)29(27,28)25-12-6-7-20(15-25)23(26)24(5)21-11-10-17(2)19(4)14-21/h8-11,13-14,20H,6-7,12,15H2,1-5H3. The highest BCUT2D eigenvalue weighted by Gasteiger charge is 2.35. The molecule has 2 aromatic carbocycles. The number of hydrogen-bond donors (Lipinski definition) is 0. The average molecular weight is 415 g/mol. The van der Waals surface area contributed by atoms with E-state index in [9.17, 15) is 13.2 Å². The van der Waals surface area contributed by atoms with Crippen LogP contribution in [0, 0.1) is 33.6 Å². The predicted molar refractivity (Wildman–Crippen MR) is 117 cm³/mol. The van der Waals surface area contributed by atoms with Crippen LogP contribution in [0.4, 0.5) is 5.69 Å². The minimum absolute atomic E-state index is 0.0332. The monoisotopic (exact) mass is 414 g/mol. The van der Waals surface area contributed by atoms with E-state index in [0.29, 0.717) is 24.3 Å². The molecule has 0 spiro atoms. The van der Waals surface area contributed by atoms with Crippen molar-refractivity contribution >= 4 is 21.6 Å². The fourth-order valence-corrected chi connectivity index (χ4v) is 5.66. The zero-order valence-electron chi connectivity index (χ0n) is 17.9. The van der Waals surface area contributed by atoms with Crippen molar-refractivity contribution in [2.75, 3.05) is 25.0 Å². The summed E-state index contributed by atoms with van der Waals surface area (Å²) in [5.74, 6) is -0.371. The molecule has 1 saturated heterocycles. The third kappa shape index (κ3) is 4.38. The van der Waals surface area contributed by atoms with Gasteiger partial charge in [0.05, 0.1) is 10.8 Å². The highest BCUT2D eigenvalue weighted by Crippen LogP contribution is 2.28. The van der Waals surface area contributed by atoms with Gasteiger partial charge < -0.3 is 4.90 Å². The molecule has 1 aliphatic rings. The van der Waals surface area contributed by atoms with E-state index in [1.165, 1.54) is 9.87 Å². The van der Waals surface area contributed by atoms with Crippen molar-refractivity contribution in [2.24, 2.45) is 5.92 Å². The molecule has 1 atom stereocenters. The minimum Gasteiger partial charge on any atom is -0.315 e. The van der Waals surface area contributed by atoms with Crippen LogP contribution in [0.5, 0.6) is 0 Å². The van der Waals surface area contributed by atoms with Crippen LogP contribution in [0.15, 0.2) is 41.3 Å². The molecule has 1 aliphatic heterocycles. The number of amides is 1. The quantitative estimate of drug-likeness (QED) is 0.760. The molecule has 29 heavy (non-hydrogen) atoms. The van der Waals surface area contributed by atoms with Gasteiger partial charge in [0.1, 0.15) is 0 Å². The van der Waals surface area contributed by atoms with E-state index in [1.807, 2.05) is 58.0 Å². The van der Waals surface area contributed by atoms with Crippen LogP contribution in [-0.2, 0) is 14.8 Å². The first-order valence-corrected chi connectivity index (χ1v) is 11.5. The zero-order chi connectivity index (χ0) is 21.3. The smallest absolute Gasteiger partial charge is 0.243 e. The number of carbonyl (C=O) groups excluding carboxylic acids is 1. The maximum atomic E-state index is 13.3. The van der Waals surface area contributed by atoms with Crippen molar-refractivity contribution in [2.45, 2.75) is 45.4 Å². The van der Waals surface area contributed by atoms with Crippen LogP contribution in [-0.4, -0.2) is 38.8 Å². The Kier molecular flexibility index (Phi) is 6.15. The Balaban J connectivity index is 1.81. The second-order valence-electron chi connectivity index (χ2n) is 8.14. The van der Waals surface area contributed by atoms with Gasteiger partial charge in [-0.3, -0.25) is 4.79 Å². The van der Waals surface area contributed by atoms with Crippen LogP contribution in [0.3, 0.4) is 0 Å². The highest BCUT2D eigenvalue weighted by atomic mass is 32.2. The molecule has 156 valence electrons.